The van der Waals surface area contributed by atoms with Crippen LogP contribution in [-0.4, -0.2) is 30.0 Å². The largest absolute Gasteiger partial charge is 0.494 e. The lowest BCUT2D eigenvalue weighted by Crippen LogP contribution is -2.28. The molecule has 0 saturated carbocycles. The topological polar surface area (TPSA) is 39.1 Å². The maximum atomic E-state index is 5.38. The van der Waals surface area contributed by atoms with E-state index in [-0.39, 0.29) is 0 Å². The minimum Gasteiger partial charge on any atom is -0.494 e. The zero-order valence-electron chi connectivity index (χ0n) is 11.2. The first-order valence-corrected chi connectivity index (χ1v) is 6.77. The van der Waals surface area contributed by atoms with Crippen molar-refractivity contribution in [2.75, 3.05) is 20.2 Å². The molecule has 1 atom stereocenters. The maximum Gasteiger partial charge on any atom is 0.144 e. The summed E-state index contributed by atoms with van der Waals surface area (Å²) in [5.74, 6) is 1.43. The van der Waals surface area contributed by atoms with Crippen molar-refractivity contribution in [2.24, 2.45) is 0 Å². The third-order valence-corrected chi connectivity index (χ3v) is 3.70. The van der Waals surface area contributed by atoms with E-state index < -0.39 is 0 Å². The lowest BCUT2D eigenvalue weighted by atomic mass is 9.94. The molecule has 0 radical (unpaired) electrons. The first-order valence-electron chi connectivity index (χ1n) is 6.77. The van der Waals surface area contributed by atoms with Crippen molar-refractivity contribution >= 4 is 0 Å². The molecule has 1 aromatic carbocycles. The van der Waals surface area contributed by atoms with Crippen molar-refractivity contribution < 1.29 is 4.74 Å². The van der Waals surface area contributed by atoms with Crippen LogP contribution in [0, 0.1) is 0 Å². The fourth-order valence-corrected chi connectivity index (χ4v) is 2.63. The Bertz CT molecular complexity index is 544. The molecule has 0 aliphatic carbocycles. The molecule has 1 aliphatic rings. The average Bonchev–Trinajstić information content (AvgIpc) is 2.98. The number of aromatic nitrogens is 2. The number of methoxy groups -OCH3 is 1. The molecule has 0 spiro atoms. The molecule has 1 aromatic heterocycles. The highest BCUT2D eigenvalue weighted by Gasteiger charge is 2.17. The van der Waals surface area contributed by atoms with Gasteiger partial charge in [-0.1, -0.05) is 12.1 Å². The Morgan fingerprint density at radius 1 is 1.37 bits per heavy atom. The molecule has 1 saturated heterocycles. The predicted molar refractivity (Wildman–Crippen MR) is 75.0 cm³/mol. The normalized spacial score (nSPS) is 19.3. The zero-order valence-corrected chi connectivity index (χ0v) is 11.2. The van der Waals surface area contributed by atoms with Crippen LogP contribution >= 0.6 is 0 Å². The fraction of sp³-hybridized carbons (Fsp3) is 0.400. The molecule has 1 N–H and O–H groups in total. The Morgan fingerprint density at radius 2 is 2.26 bits per heavy atom. The third-order valence-electron chi connectivity index (χ3n) is 3.70. The van der Waals surface area contributed by atoms with E-state index in [0.29, 0.717) is 5.92 Å². The molecule has 4 heteroatoms. The molecule has 1 fully saturated rings. The molecule has 1 unspecified atom stereocenters. The van der Waals surface area contributed by atoms with Crippen LogP contribution in [0.5, 0.6) is 5.75 Å². The molecule has 19 heavy (non-hydrogen) atoms. The van der Waals surface area contributed by atoms with E-state index in [1.807, 2.05) is 35.1 Å². The fourth-order valence-electron chi connectivity index (χ4n) is 2.63. The quantitative estimate of drug-likeness (QED) is 0.917. The summed E-state index contributed by atoms with van der Waals surface area (Å²) >= 11 is 0. The second-order valence-electron chi connectivity index (χ2n) is 4.93. The lowest BCUT2D eigenvalue weighted by Gasteiger charge is -2.21. The van der Waals surface area contributed by atoms with Gasteiger partial charge < -0.3 is 10.1 Å². The van der Waals surface area contributed by atoms with Crippen LogP contribution in [0.15, 0.2) is 36.7 Å². The minimum absolute atomic E-state index is 0.581. The van der Waals surface area contributed by atoms with Crippen LogP contribution in [0.1, 0.15) is 24.3 Å². The molecule has 3 rings (SSSR count). The van der Waals surface area contributed by atoms with Crippen LogP contribution in [0.2, 0.25) is 0 Å². The van der Waals surface area contributed by atoms with Crippen molar-refractivity contribution in [3.63, 3.8) is 0 Å². The Morgan fingerprint density at radius 3 is 3.05 bits per heavy atom. The van der Waals surface area contributed by atoms with Gasteiger partial charge in [-0.2, -0.15) is 5.10 Å². The number of rotatable bonds is 3. The molecule has 2 heterocycles. The number of nitrogens with zero attached hydrogens (tertiary/aromatic N) is 2. The highest BCUT2D eigenvalue weighted by atomic mass is 16.5. The van der Waals surface area contributed by atoms with E-state index in [4.69, 9.17) is 4.74 Å². The van der Waals surface area contributed by atoms with E-state index >= 15 is 0 Å². The van der Waals surface area contributed by atoms with Gasteiger partial charge in [0, 0.05) is 12.7 Å². The van der Waals surface area contributed by atoms with Crippen LogP contribution in [0.3, 0.4) is 0 Å². The third kappa shape index (κ3) is 2.49. The Hall–Kier alpha value is -1.81. The first-order chi connectivity index (χ1) is 9.38. The van der Waals surface area contributed by atoms with Crippen LogP contribution in [0.25, 0.3) is 5.69 Å². The first kappa shape index (κ1) is 12.2. The Kier molecular flexibility index (Phi) is 3.51. The average molecular weight is 257 g/mol. The van der Waals surface area contributed by atoms with Crippen molar-refractivity contribution in [3.8, 4) is 11.4 Å². The second-order valence-corrected chi connectivity index (χ2v) is 4.93. The van der Waals surface area contributed by atoms with Gasteiger partial charge in [0.05, 0.1) is 13.3 Å². The van der Waals surface area contributed by atoms with Crippen LogP contribution in [-0.2, 0) is 0 Å². The van der Waals surface area contributed by atoms with E-state index in [1.165, 1.54) is 18.4 Å². The van der Waals surface area contributed by atoms with E-state index in [0.717, 1.165) is 24.5 Å². The monoisotopic (exact) mass is 257 g/mol. The van der Waals surface area contributed by atoms with Gasteiger partial charge in [0.1, 0.15) is 11.4 Å². The summed E-state index contributed by atoms with van der Waals surface area (Å²) in [5.41, 5.74) is 2.29. The number of hydrogen-bond acceptors (Lipinski definition) is 3. The molecular weight excluding hydrogens is 238 g/mol. The zero-order chi connectivity index (χ0) is 13.1. The molecule has 0 bridgehead atoms. The number of para-hydroxylation sites is 2. The second kappa shape index (κ2) is 5.45. The van der Waals surface area contributed by atoms with Gasteiger partial charge in [-0.25, -0.2) is 4.68 Å². The highest BCUT2D eigenvalue weighted by molar-refractivity contribution is 5.46. The summed E-state index contributed by atoms with van der Waals surface area (Å²) in [6.07, 6.45) is 6.58. The van der Waals surface area contributed by atoms with Crippen molar-refractivity contribution in [2.45, 2.75) is 18.8 Å². The van der Waals surface area contributed by atoms with Crippen LogP contribution < -0.4 is 10.1 Å². The van der Waals surface area contributed by atoms with Gasteiger partial charge in [-0.15, -0.1) is 0 Å². The van der Waals surface area contributed by atoms with Gasteiger partial charge >= 0.3 is 0 Å². The molecule has 1 aliphatic heterocycles. The lowest BCUT2D eigenvalue weighted by molar-refractivity contribution is 0.411. The molecule has 0 amide bonds. The summed E-state index contributed by atoms with van der Waals surface area (Å²) < 4.78 is 7.29. The highest BCUT2D eigenvalue weighted by Crippen LogP contribution is 2.26. The number of nitrogens with one attached hydrogen (secondary N) is 1. The Balaban J connectivity index is 1.88. The molecule has 2 aromatic rings. The number of ether oxygens (including phenoxy) is 1. The number of benzene rings is 1. The van der Waals surface area contributed by atoms with Gasteiger partial charge in [-0.3, -0.25) is 0 Å². The maximum absolute atomic E-state index is 5.38. The van der Waals surface area contributed by atoms with Crippen molar-refractivity contribution in [3.05, 3.63) is 42.2 Å². The van der Waals surface area contributed by atoms with Gasteiger partial charge in [-0.05, 0) is 43.0 Å². The molecule has 100 valence electrons. The van der Waals surface area contributed by atoms with Crippen LogP contribution in [0.4, 0.5) is 0 Å². The molecule has 4 nitrogen and oxygen atoms in total. The summed E-state index contributed by atoms with van der Waals surface area (Å²) in [6, 6.07) is 7.95. The smallest absolute Gasteiger partial charge is 0.144 e. The van der Waals surface area contributed by atoms with E-state index in [9.17, 15) is 0 Å². The van der Waals surface area contributed by atoms with Crippen molar-refractivity contribution in [1.82, 2.24) is 15.1 Å². The summed E-state index contributed by atoms with van der Waals surface area (Å²) in [7, 11) is 1.69. The summed E-state index contributed by atoms with van der Waals surface area (Å²) in [4.78, 5) is 0. The summed E-state index contributed by atoms with van der Waals surface area (Å²) in [5, 5.41) is 7.92. The number of hydrogen-bond donors (Lipinski definition) is 1. The molecular formula is C15H19N3O. The SMILES string of the molecule is COc1ccccc1-n1cc(C2CCCNC2)cn1. The standard InChI is InChI=1S/C15H19N3O/c1-19-15-7-3-2-6-14(15)18-11-13(10-17-18)12-5-4-8-16-9-12/h2-3,6-7,10-12,16H,4-5,8-9H2,1H3. The van der Waals surface area contributed by atoms with Gasteiger partial charge in [0.2, 0.25) is 0 Å². The van der Waals surface area contributed by atoms with Crippen molar-refractivity contribution in [1.29, 1.82) is 0 Å². The van der Waals surface area contributed by atoms with E-state index in [2.05, 4.69) is 16.6 Å². The Labute approximate surface area is 113 Å². The van der Waals surface area contributed by atoms with E-state index in [1.54, 1.807) is 7.11 Å². The minimum atomic E-state index is 0.581. The van der Waals surface area contributed by atoms with Gasteiger partial charge in [0.15, 0.2) is 0 Å². The predicted octanol–water partition coefficient (Wildman–Crippen LogP) is 2.35. The summed E-state index contributed by atoms with van der Waals surface area (Å²) in [6.45, 7) is 2.19. The number of piperidine rings is 1. The van der Waals surface area contributed by atoms with Gasteiger partial charge in [0.25, 0.3) is 0 Å².